The number of fused-ring (bicyclic) bond motifs is 1. The van der Waals surface area contributed by atoms with Crippen LogP contribution in [0, 0.1) is 0 Å². The summed E-state index contributed by atoms with van der Waals surface area (Å²) in [5.74, 6) is 0.360. The highest BCUT2D eigenvalue weighted by Gasteiger charge is 2.15. The molecule has 30 heavy (non-hydrogen) atoms. The molecule has 0 saturated carbocycles. The summed E-state index contributed by atoms with van der Waals surface area (Å²) in [6.07, 6.45) is 1.58. The quantitative estimate of drug-likeness (QED) is 0.516. The van der Waals surface area contributed by atoms with Crippen LogP contribution >= 0.6 is 11.6 Å². The number of carbonyl (C=O) groups is 1. The summed E-state index contributed by atoms with van der Waals surface area (Å²) in [6.45, 7) is 0.350. The molecule has 1 amide bonds. The van der Waals surface area contributed by atoms with Crippen molar-refractivity contribution >= 4 is 28.3 Å². The summed E-state index contributed by atoms with van der Waals surface area (Å²) >= 11 is 5.92. The lowest BCUT2D eigenvalue weighted by Crippen LogP contribution is -2.27. The monoisotopic (exact) mass is 418 g/mol. The van der Waals surface area contributed by atoms with E-state index < -0.39 is 0 Å². The third-order valence-electron chi connectivity index (χ3n) is 4.87. The highest BCUT2D eigenvalue weighted by Crippen LogP contribution is 2.20. The van der Waals surface area contributed by atoms with E-state index in [1.54, 1.807) is 67.9 Å². The molecule has 0 aliphatic rings. The maximum absolute atomic E-state index is 13.1. The van der Waals surface area contributed by atoms with Crippen molar-refractivity contribution in [2.45, 2.75) is 6.54 Å². The third kappa shape index (κ3) is 3.93. The first-order valence-electron chi connectivity index (χ1n) is 9.38. The second-order valence-corrected chi connectivity index (χ2v) is 7.21. The Morgan fingerprint density at radius 1 is 1.00 bits per heavy atom. The number of amides is 1. The Morgan fingerprint density at radius 2 is 1.73 bits per heavy atom. The van der Waals surface area contributed by atoms with Crippen LogP contribution in [0.2, 0.25) is 5.02 Å². The zero-order chi connectivity index (χ0) is 21.1. The molecule has 150 valence electrons. The zero-order valence-electron chi connectivity index (χ0n) is 16.3. The van der Waals surface area contributed by atoms with Crippen LogP contribution in [0.5, 0.6) is 5.75 Å². The number of halogens is 1. The van der Waals surface area contributed by atoms with Crippen LogP contribution < -0.4 is 15.6 Å². The summed E-state index contributed by atoms with van der Waals surface area (Å²) in [7, 11) is 1.57. The molecule has 4 rings (SSSR count). The molecular weight excluding hydrogens is 400 g/mol. The van der Waals surface area contributed by atoms with E-state index in [0.29, 0.717) is 39.3 Å². The summed E-state index contributed by atoms with van der Waals surface area (Å²) < 4.78 is 6.75. The molecule has 0 spiro atoms. The zero-order valence-corrected chi connectivity index (χ0v) is 17.0. The van der Waals surface area contributed by atoms with Gasteiger partial charge < -0.3 is 10.1 Å². The van der Waals surface area contributed by atoms with Crippen molar-refractivity contribution in [3.8, 4) is 11.4 Å². The van der Waals surface area contributed by atoms with E-state index in [0.717, 1.165) is 5.56 Å². The number of hydrogen-bond donors (Lipinski definition) is 1. The van der Waals surface area contributed by atoms with Crippen LogP contribution in [-0.4, -0.2) is 17.6 Å². The lowest BCUT2D eigenvalue weighted by atomic mass is 10.1. The van der Waals surface area contributed by atoms with Crippen LogP contribution in [0.3, 0.4) is 0 Å². The van der Waals surface area contributed by atoms with Crippen molar-refractivity contribution in [2.24, 2.45) is 0 Å². The van der Waals surface area contributed by atoms with Crippen LogP contribution in [0.25, 0.3) is 16.5 Å². The first-order chi connectivity index (χ1) is 14.6. The van der Waals surface area contributed by atoms with Gasteiger partial charge in [-0.15, -0.1) is 0 Å². The van der Waals surface area contributed by atoms with Gasteiger partial charge in [-0.2, -0.15) is 0 Å². The molecule has 0 aliphatic heterocycles. The maximum atomic E-state index is 13.1. The van der Waals surface area contributed by atoms with Gasteiger partial charge in [-0.05, 0) is 35.9 Å². The van der Waals surface area contributed by atoms with Gasteiger partial charge in [0, 0.05) is 34.6 Å². The number of carbonyl (C=O) groups excluding carboxylic acids is 1. The number of benzene rings is 3. The Labute approximate surface area is 178 Å². The van der Waals surface area contributed by atoms with Crippen LogP contribution in [0.1, 0.15) is 15.9 Å². The molecule has 0 aliphatic carbocycles. The van der Waals surface area contributed by atoms with E-state index >= 15 is 0 Å². The Bertz CT molecular complexity index is 1280. The lowest BCUT2D eigenvalue weighted by Gasteiger charge is -2.13. The molecule has 0 fully saturated rings. The maximum Gasteiger partial charge on any atom is 0.262 e. The fourth-order valence-electron chi connectivity index (χ4n) is 3.30. The van der Waals surface area contributed by atoms with Gasteiger partial charge in [-0.1, -0.05) is 48.0 Å². The SMILES string of the molecule is COc1cccc(-n2cc(C(=O)NCc3ccc(Cl)cc3)c3ccccc3c2=O)c1. The van der Waals surface area contributed by atoms with Crippen molar-refractivity contribution < 1.29 is 9.53 Å². The number of ether oxygens (including phenoxy) is 1. The summed E-state index contributed by atoms with van der Waals surface area (Å²) in [4.78, 5) is 26.1. The van der Waals surface area contributed by atoms with Crippen molar-refractivity contribution in [2.75, 3.05) is 7.11 Å². The van der Waals surface area contributed by atoms with Gasteiger partial charge in [0.1, 0.15) is 5.75 Å². The molecular formula is C24H19ClN2O3. The number of rotatable bonds is 5. The molecule has 1 aromatic heterocycles. The molecule has 5 nitrogen and oxygen atoms in total. The largest absolute Gasteiger partial charge is 0.497 e. The molecule has 4 aromatic rings. The normalized spacial score (nSPS) is 10.7. The van der Waals surface area contributed by atoms with E-state index in [1.807, 2.05) is 18.2 Å². The van der Waals surface area contributed by atoms with Gasteiger partial charge in [0.05, 0.1) is 18.4 Å². The van der Waals surface area contributed by atoms with Gasteiger partial charge in [0.2, 0.25) is 0 Å². The molecule has 0 unspecified atom stereocenters. The van der Waals surface area contributed by atoms with E-state index in [1.165, 1.54) is 4.57 Å². The number of hydrogen-bond acceptors (Lipinski definition) is 3. The number of nitrogens with zero attached hydrogens (tertiary/aromatic N) is 1. The molecule has 3 aromatic carbocycles. The lowest BCUT2D eigenvalue weighted by molar-refractivity contribution is 0.0952. The second-order valence-electron chi connectivity index (χ2n) is 6.77. The fraction of sp³-hybridized carbons (Fsp3) is 0.0833. The minimum Gasteiger partial charge on any atom is -0.497 e. The molecule has 0 saturated heterocycles. The molecule has 6 heteroatoms. The minimum atomic E-state index is -0.266. The molecule has 1 N–H and O–H groups in total. The Balaban J connectivity index is 1.76. The Kier molecular flexibility index (Phi) is 5.55. The van der Waals surface area contributed by atoms with Crippen molar-refractivity contribution in [3.63, 3.8) is 0 Å². The van der Waals surface area contributed by atoms with E-state index in [-0.39, 0.29) is 11.5 Å². The van der Waals surface area contributed by atoms with Gasteiger partial charge in [0.15, 0.2) is 0 Å². The first kappa shape index (κ1) is 19.7. The Hall–Kier alpha value is -3.57. The van der Waals surface area contributed by atoms with Crippen molar-refractivity contribution in [3.05, 3.63) is 105 Å². The number of pyridine rings is 1. The fourth-order valence-corrected chi connectivity index (χ4v) is 3.43. The smallest absolute Gasteiger partial charge is 0.262 e. The van der Waals surface area contributed by atoms with E-state index in [2.05, 4.69) is 5.32 Å². The summed E-state index contributed by atoms with van der Waals surface area (Å²) in [6, 6.07) is 21.5. The van der Waals surface area contributed by atoms with Gasteiger partial charge in [-0.3, -0.25) is 14.2 Å². The first-order valence-corrected chi connectivity index (χ1v) is 9.76. The number of aromatic nitrogens is 1. The second kappa shape index (κ2) is 8.43. The van der Waals surface area contributed by atoms with Crippen LogP contribution in [0.15, 0.2) is 83.8 Å². The highest BCUT2D eigenvalue weighted by molar-refractivity contribution is 6.30. The third-order valence-corrected chi connectivity index (χ3v) is 5.12. The van der Waals surface area contributed by atoms with Crippen molar-refractivity contribution in [1.29, 1.82) is 0 Å². The van der Waals surface area contributed by atoms with E-state index in [4.69, 9.17) is 16.3 Å². The predicted molar refractivity (Wildman–Crippen MR) is 119 cm³/mol. The van der Waals surface area contributed by atoms with Crippen LogP contribution in [-0.2, 0) is 6.54 Å². The topological polar surface area (TPSA) is 60.3 Å². The van der Waals surface area contributed by atoms with Gasteiger partial charge >= 0.3 is 0 Å². The molecule has 1 heterocycles. The average molecular weight is 419 g/mol. The van der Waals surface area contributed by atoms with Crippen molar-refractivity contribution in [1.82, 2.24) is 9.88 Å². The molecule has 0 bridgehead atoms. The number of methoxy groups -OCH3 is 1. The summed E-state index contributed by atoms with van der Waals surface area (Å²) in [5, 5.41) is 4.64. The van der Waals surface area contributed by atoms with E-state index in [9.17, 15) is 9.59 Å². The van der Waals surface area contributed by atoms with Gasteiger partial charge in [0.25, 0.3) is 11.5 Å². The average Bonchev–Trinajstić information content (AvgIpc) is 2.79. The molecule has 0 atom stereocenters. The standard InChI is InChI=1S/C24H19ClN2O3/c1-30-19-6-4-5-18(13-19)27-15-22(20-7-2-3-8-21(20)24(27)29)23(28)26-14-16-9-11-17(25)12-10-16/h2-13,15H,14H2,1H3,(H,26,28). The van der Waals surface area contributed by atoms with Crippen LogP contribution in [0.4, 0.5) is 0 Å². The summed E-state index contributed by atoms with van der Waals surface area (Å²) in [5.41, 5.74) is 1.77. The molecule has 0 radical (unpaired) electrons. The highest BCUT2D eigenvalue weighted by atomic mass is 35.5. The predicted octanol–water partition coefficient (Wildman–Crippen LogP) is 4.58. The number of nitrogens with one attached hydrogen (secondary N) is 1. The minimum absolute atomic E-state index is 0.201. The Morgan fingerprint density at radius 3 is 2.47 bits per heavy atom. The van der Waals surface area contributed by atoms with Gasteiger partial charge in [-0.25, -0.2) is 0 Å².